The molecule has 2 rings (SSSR count). The van der Waals surface area contributed by atoms with E-state index in [9.17, 15) is 13.6 Å². The molecular weight excluding hydrogens is 304 g/mol. The van der Waals surface area contributed by atoms with Crippen molar-refractivity contribution in [2.24, 2.45) is 10.7 Å². The molecule has 0 fully saturated rings. The van der Waals surface area contributed by atoms with Gasteiger partial charge in [0, 0.05) is 11.3 Å². The quantitative estimate of drug-likeness (QED) is 0.843. The zero-order valence-electron chi connectivity index (χ0n) is 13.5. The number of halogens is 2. The predicted molar refractivity (Wildman–Crippen MR) is 84.8 cm³/mol. The average Bonchev–Trinajstić information content (AvgIpc) is 2.44. The van der Waals surface area contributed by atoms with Crippen LogP contribution >= 0.6 is 0 Å². The molecule has 0 saturated carbocycles. The Morgan fingerprint density at radius 3 is 2.78 bits per heavy atom. The summed E-state index contributed by atoms with van der Waals surface area (Å²) in [6, 6.07) is 4.15. The number of hydrogen-bond acceptors (Lipinski definition) is 4. The predicted octanol–water partition coefficient (Wildman–Crippen LogP) is 2.14. The molecule has 0 bridgehead atoms. The molecule has 1 heterocycles. The molecule has 0 spiro atoms. The highest BCUT2D eigenvalue weighted by Gasteiger charge is 2.33. The highest BCUT2D eigenvalue weighted by atomic mass is 19.1. The number of carbonyl (C=O) groups is 1. The molecule has 1 amide bonds. The minimum absolute atomic E-state index is 0.139. The Labute approximate surface area is 134 Å². The first kappa shape index (κ1) is 17.3. The van der Waals surface area contributed by atoms with E-state index in [2.05, 4.69) is 4.99 Å². The Hall–Kier alpha value is -2.02. The van der Waals surface area contributed by atoms with E-state index >= 15 is 0 Å². The molecule has 1 aromatic rings. The molecule has 0 aromatic heterocycles. The minimum atomic E-state index is -1.57. The number of amides is 1. The van der Waals surface area contributed by atoms with Crippen molar-refractivity contribution in [2.75, 3.05) is 24.7 Å². The van der Waals surface area contributed by atoms with Gasteiger partial charge in [-0.25, -0.2) is 8.78 Å². The van der Waals surface area contributed by atoms with Crippen molar-refractivity contribution in [1.29, 1.82) is 0 Å². The fourth-order valence-electron chi connectivity index (χ4n) is 2.57. The van der Waals surface area contributed by atoms with Crippen LogP contribution in [0.4, 0.5) is 14.5 Å². The number of nitrogens with two attached hydrogens (primary N) is 1. The molecule has 0 saturated heterocycles. The van der Waals surface area contributed by atoms with Crippen molar-refractivity contribution in [3.05, 3.63) is 29.6 Å². The Balaban J connectivity index is 2.43. The van der Waals surface area contributed by atoms with Gasteiger partial charge in [0.25, 0.3) is 0 Å². The second-order valence-electron chi connectivity index (χ2n) is 6.49. The number of alkyl halides is 1. The smallest absolute Gasteiger partial charge is 0.214 e. The van der Waals surface area contributed by atoms with E-state index in [0.717, 1.165) is 0 Å². The monoisotopic (exact) mass is 325 g/mol. The molecule has 0 radical (unpaired) electrons. The molecule has 2 N–H and O–H groups in total. The number of nitrogens with zero attached hydrogens (tertiary/aromatic N) is 2. The highest BCUT2D eigenvalue weighted by Crippen LogP contribution is 2.33. The van der Waals surface area contributed by atoms with Crippen LogP contribution < -0.4 is 10.6 Å². The van der Waals surface area contributed by atoms with Gasteiger partial charge in [0.15, 0.2) is 0 Å². The first-order chi connectivity index (χ1) is 10.6. The third-order valence-corrected chi connectivity index (χ3v) is 3.56. The highest BCUT2D eigenvalue weighted by molar-refractivity contribution is 5.83. The number of hydrogen-bond donors (Lipinski definition) is 1. The minimum Gasteiger partial charge on any atom is -0.386 e. The van der Waals surface area contributed by atoms with Crippen LogP contribution in [0.15, 0.2) is 23.2 Å². The lowest BCUT2D eigenvalue weighted by molar-refractivity contribution is -0.107. The maximum atomic E-state index is 14.3. The second-order valence-corrected chi connectivity index (χ2v) is 6.49. The molecule has 0 aliphatic carbocycles. The molecular formula is C16H21F2N3O2. The van der Waals surface area contributed by atoms with Gasteiger partial charge in [0.05, 0.1) is 13.2 Å². The van der Waals surface area contributed by atoms with E-state index in [4.69, 9.17) is 10.5 Å². The molecule has 1 aliphatic heterocycles. The first-order valence-corrected chi connectivity index (χ1v) is 7.27. The van der Waals surface area contributed by atoms with Gasteiger partial charge in [-0.3, -0.25) is 9.79 Å². The van der Waals surface area contributed by atoms with Crippen LogP contribution in [0.1, 0.15) is 26.3 Å². The summed E-state index contributed by atoms with van der Waals surface area (Å²) in [7, 11) is 0. The fraction of sp³-hybridized carbons (Fsp3) is 0.500. The number of anilines is 1. The second kappa shape index (κ2) is 6.23. The van der Waals surface area contributed by atoms with Gasteiger partial charge >= 0.3 is 0 Å². The number of carbonyl (C=O) groups excluding carboxylic acids is 1. The number of aliphatic imine (C=N–C) groups is 1. The maximum Gasteiger partial charge on any atom is 0.214 e. The van der Waals surface area contributed by atoms with Crippen molar-refractivity contribution < 1.29 is 18.3 Å². The van der Waals surface area contributed by atoms with E-state index in [-0.39, 0.29) is 31.2 Å². The van der Waals surface area contributed by atoms with E-state index in [1.165, 1.54) is 36.9 Å². The molecule has 1 aromatic carbocycles. The van der Waals surface area contributed by atoms with Crippen LogP contribution in [-0.2, 0) is 15.1 Å². The van der Waals surface area contributed by atoms with Crippen molar-refractivity contribution >= 4 is 17.9 Å². The molecule has 1 atom stereocenters. The summed E-state index contributed by atoms with van der Waals surface area (Å²) in [4.78, 5) is 16.8. The Bertz CT molecular complexity index is 628. The van der Waals surface area contributed by atoms with E-state index in [1.54, 1.807) is 6.92 Å². The molecule has 126 valence electrons. The maximum absolute atomic E-state index is 14.3. The summed E-state index contributed by atoms with van der Waals surface area (Å²) in [6.07, 6.45) is 0.523. The Kier molecular flexibility index (Phi) is 4.70. The van der Waals surface area contributed by atoms with Crippen molar-refractivity contribution in [3.63, 3.8) is 0 Å². The van der Waals surface area contributed by atoms with Gasteiger partial charge in [-0.05, 0) is 39.0 Å². The van der Waals surface area contributed by atoms with Crippen LogP contribution in [0.5, 0.6) is 0 Å². The number of rotatable bonds is 5. The van der Waals surface area contributed by atoms with Crippen molar-refractivity contribution in [3.8, 4) is 0 Å². The molecule has 1 aliphatic rings. The summed E-state index contributed by atoms with van der Waals surface area (Å²) in [6.45, 7) is 4.67. The van der Waals surface area contributed by atoms with E-state index in [0.29, 0.717) is 12.1 Å². The topological polar surface area (TPSA) is 67.9 Å². The summed E-state index contributed by atoms with van der Waals surface area (Å²) < 4.78 is 33.5. The van der Waals surface area contributed by atoms with Crippen LogP contribution in [-0.4, -0.2) is 37.7 Å². The summed E-state index contributed by atoms with van der Waals surface area (Å²) in [5.41, 5.74) is 3.78. The van der Waals surface area contributed by atoms with E-state index < -0.39 is 17.0 Å². The largest absolute Gasteiger partial charge is 0.386 e. The lowest BCUT2D eigenvalue weighted by Crippen LogP contribution is -2.38. The molecule has 0 unspecified atom stereocenters. The van der Waals surface area contributed by atoms with Crippen LogP contribution in [0.2, 0.25) is 0 Å². The third-order valence-electron chi connectivity index (χ3n) is 3.56. The van der Waals surface area contributed by atoms with Gasteiger partial charge in [0.2, 0.25) is 6.41 Å². The Morgan fingerprint density at radius 2 is 2.22 bits per heavy atom. The summed E-state index contributed by atoms with van der Waals surface area (Å²) in [5.74, 6) is -0.204. The van der Waals surface area contributed by atoms with Gasteiger partial charge in [0.1, 0.15) is 29.5 Å². The number of ether oxygens (including phenoxy) is 1. The lowest BCUT2D eigenvalue weighted by Gasteiger charge is -2.31. The first-order valence-electron chi connectivity index (χ1n) is 7.27. The van der Waals surface area contributed by atoms with Crippen LogP contribution in [0.25, 0.3) is 0 Å². The van der Waals surface area contributed by atoms with Crippen molar-refractivity contribution in [1.82, 2.24) is 0 Å². The average molecular weight is 325 g/mol. The van der Waals surface area contributed by atoms with Crippen LogP contribution in [0, 0.1) is 5.82 Å². The number of benzene rings is 1. The summed E-state index contributed by atoms with van der Waals surface area (Å²) >= 11 is 0. The lowest BCUT2D eigenvalue weighted by atomic mass is 9.91. The van der Waals surface area contributed by atoms with Gasteiger partial charge in [-0.1, -0.05) is 0 Å². The van der Waals surface area contributed by atoms with Gasteiger partial charge in [-0.2, -0.15) is 0 Å². The Morgan fingerprint density at radius 1 is 1.52 bits per heavy atom. The van der Waals surface area contributed by atoms with Gasteiger partial charge < -0.3 is 15.4 Å². The number of amidine groups is 1. The molecule has 5 nitrogen and oxygen atoms in total. The standard InChI is InChI=1S/C16H21F2N3O2/c1-15(2,18)8-21(10-22)11-4-5-13(17)12(6-11)16(3)9-23-7-14(19)20-16/h4-6,10H,7-9H2,1-3H3,(H2,19,20)/t16-/m0/s1. The third kappa shape index (κ3) is 4.04. The van der Waals surface area contributed by atoms with Gasteiger partial charge in [-0.15, -0.1) is 0 Å². The van der Waals surface area contributed by atoms with E-state index in [1.807, 2.05) is 0 Å². The normalized spacial score (nSPS) is 21.7. The molecule has 23 heavy (non-hydrogen) atoms. The molecule has 7 heteroatoms. The van der Waals surface area contributed by atoms with Crippen molar-refractivity contribution in [2.45, 2.75) is 32.0 Å². The zero-order valence-corrected chi connectivity index (χ0v) is 13.5. The summed E-state index contributed by atoms with van der Waals surface area (Å²) in [5, 5.41) is 0. The SMILES string of the molecule is CC(C)(F)CN(C=O)c1ccc(F)c([C@]2(C)COCC(N)=N2)c1. The zero-order chi connectivity index (χ0) is 17.3. The fourth-order valence-corrected chi connectivity index (χ4v) is 2.57. The van der Waals surface area contributed by atoms with Crippen LogP contribution in [0.3, 0.4) is 0 Å².